The molecule has 170 valence electrons. The summed E-state index contributed by atoms with van der Waals surface area (Å²) in [5, 5.41) is 10.1. The van der Waals surface area contributed by atoms with Crippen LogP contribution in [0.3, 0.4) is 0 Å². The molecule has 0 aliphatic rings. The van der Waals surface area contributed by atoms with Crippen LogP contribution in [0.15, 0.2) is 78.0 Å². The van der Waals surface area contributed by atoms with E-state index in [1.54, 1.807) is 11.8 Å². The van der Waals surface area contributed by atoms with E-state index in [1.165, 1.54) is 16.7 Å². The van der Waals surface area contributed by atoms with Crippen LogP contribution < -0.4 is 4.74 Å². The van der Waals surface area contributed by atoms with E-state index in [0.29, 0.717) is 6.61 Å². The summed E-state index contributed by atoms with van der Waals surface area (Å²) >= 11 is 1.70. The lowest BCUT2D eigenvalue weighted by Crippen LogP contribution is -2.10. The van der Waals surface area contributed by atoms with Gasteiger partial charge in [0.05, 0.1) is 6.61 Å². The first kappa shape index (κ1) is 23.1. The molecule has 1 heterocycles. The molecular weight excluding hydrogens is 426 g/mol. The van der Waals surface area contributed by atoms with Gasteiger partial charge < -0.3 is 4.74 Å². The smallest absolute Gasteiger partial charge is 0.196 e. The molecule has 0 amide bonds. The molecule has 0 aliphatic heterocycles. The zero-order valence-corrected chi connectivity index (χ0v) is 20.8. The van der Waals surface area contributed by atoms with E-state index in [4.69, 9.17) is 4.74 Å². The van der Waals surface area contributed by atoms with Crippen molar-refractivity contribution in [2.45, 2.75) is 50.9 Å². The Hall–Kier alpha value is -3.05. The summed E-state index contributed by atoms with van der Waals surface area (Å²) in [6.07, 6.45) is 0. The van der Waals surface area contributed by atoms with Gasteiger partial charge in [-0.25, -0.2) is 0 Å². The molecule has 4 aromatic rings. The number of nitrogens with zero attached hydrogens (tertiary/aromatic N) is 3. The van der Waals surface area contributed by atoms with Gasteiger partial charge in [0.25, 0.3) is 0 Å². The van der Waals surface area contributed by atoms with E-state index in [9.17, 15) is 0 Å². The fraction of sp³-hybridized carbons (Fsp3) is 0.286. The maximum atomic E-state index is 5.64. The molecule has 3 aromatic carbocycles. The van der Waals surface area contributed by atoms with Crippen molar-refractivity contribution in [2.75, 3.05) is 6.61 Å². The van der Waals surface area contributed by atoms with Crippen molar-refractivity contribution in [3.8, 4) is 22.8 Å². The van der Waals surface area contributed by atoms with Crippen LogP contribution >= 0.6 is 11.8 Å². The van der Waals surface area contributed by atoms with E-state index in [-0.39, 0.29) is 5.41 Å². The number of aromatic nitrogens is 3. The normalized spacial score (nSPS) is 11.5. The maximum absolute atomic E-state index is 5.64. The lowest BCUT2D eigenvalue weighted by atomic mass is 9.87. The number of ether oxygens (including phenoxy) is 1. The average molecular weight is 458 g/mol. The highest BCUT2D eigenvalue weighted by Crippen LogP contribution is 2.32. The van der Waals surface area contributed by atoms with E-state index in [1.807, 2.05) is 19.1 Å². The van der Waals surface area contributed by atoms with Gasteiger partial charge in [0.15, 0.2) is 11.0 Å². The molecule has 5 heteroatoms. The second-order valence-corrected chi connectivity index (χ2v) is 10.1. The third-order valence-electron chi connectivity index (χ3n) is 5.67. The first-order valence-electron chi connectivity index (χ1n) is 11.3. The summed E-state index contributed by atoms with van der Waals surface area (Å²) in [4.78, 5) is 0. The van der Waals surface area contributed by atoms with E-state index in [2.05, 4.69) is 103 Å². The summed E-state index contributed by atoms with van der Waals surface area (Å²) in [5.41, 5.74) is 6.07. The Morgan fingerprint density at radius 2 is 1.58 bits per heavy atom. The van der Waals surface area contributed by atoms with Crippen LogP contribution in [0.2, 0.25) is 0 Å². The van der Waals surface area contributed by atoms with Crippen molar-refractivity contribution in [1.29, 1.82) is 0 Å². The molecule has 0 radical (unpaired) electrons. The Bertz CT molecular complexity index is 1210. The predicted molar refractivity (Wildman–Crippen MR) is 137 cm³/mol. The zero-order valence-electron chi connectivity index (χ0n) is 20.0. The summed E-state index contributed by atoms with van der Waals surface area (Å²) in [6.45, 7) is 11.5. The molecule has 0 spiro atoms. The SMILES string of the molecule is CCOc1ccc(-n2c(SCc3ccccc3C)nnc2-c2ccc(C(C)(C)C)cc2)cc1. The number of hydrogen-bond acceptors (Lipinski definition) is 4. The van der Waals surface area contributed by atoms with Crippen molar-refractivity contribution in [3.05, 3.63) is 89.5 Å². The second-order valence-electron chi connectivity index (χ2n) is 9.11. The van der Waals surface area contributed by atoms with Crippen LogP contribution in [0, 0.1) is 6.92 Å². The maximum Gasteiger partial charge on any atom is 0.196 e. The van der Waals surface area contributed by atoms with Gasteiger partial charge in [0.2, 0.25) is 0 Å². The highest BCUT2D eigenvalue weighted by atomic mass is 32.2. The van der Waals surface area contributed by atoms with Crippen LogP contribution in [0.1, 0.15) is 44.4 Å². The van der Waals surface area contributed by atoms with E-state index >= 15 is 0 Å². The Kier molecular flexibility index (Phi) is 6.89. The number of aryl methyl sites for hydroxylation is 1. The molecule has 0 saturated carbocycles. The number of benzene rings is 3. The van der Waals surface area contributed by atoms with Gasteiger partial charge in [-0.05, 0) is 60.2 Å². The van der Waals surface area contributed by atoms with Crippen molar-refractivity contribution >= 4 is 11.8 Å². The minimum Gasteiger partial charge on any atom is -0.494 e. The lowest BCUT2D eigenvalue weighted by molar-refractivity contribution is 0.340. The summed E-state index contributed by atoms with van der Waals surface area (Å²) in [7, 11) is 0. The first-order valence-corrected chi connectivity index (χ1v) is 12.3. The third kappa shape index (κ3) is 5.31. The summed E-state index contributed by atoms with van der Waals surface area (Å²) in [6, 6.07) is 25.3. The Balaban J connectivity index is 1.72. The molecule has 0 saturated heterocycles. The third-order valence-corrected chi connectivity index (χ3v) is 6.64. The number of rotatable bonds is 7. The molecule has 0 aliphatic carbocycles. The molecule has 0 fully saturated rings. The van der Waals surface area contributed by atoms with E-state index in [0.717, 1.165) is 33.7 Å². The van der Waals surface area contributed by atoms with Crippen LogP contribution in [0.5, 0.6) is 5.75 Å². The number of thioether (sulfide) groups is 1. The fourth-order valence-electron chi connectivity index (χ4n) is 3.67. The molecular formula is C28H31N3OS. The molecule has 0 unspecified atom stereocenters. The molecule has 33 heavy (non-hydrogen) atoms. The average Bonchev–Trinajstić information content (AvgIpc) is 3.23. The Morgan fingerprint density at radius 3 is 2.21 bits per heavy atom. The predicted octanol–water partition coefficient (Wildman–Crippen LogP) is 7.23. The van der Waals surface area contributed by atoms with Gasteiger partial charge in [-0.3, -0.25) is 4.57 Å². The molecule has 1 aromatic heterocycles. The van der Waals surface area contributed by atoms with Crippen LogP contribution in [-0.2, 0) is 11.2 Å². The standard InChI is InChI=1S/C28H31N3OS/c1-6-32-25-17-15-24(16-18-25)31-26(21-11-13-23(14-12-21)28(3,4)5)29-30-27(31)33-19-22-10-8-7-9-20(22)2/h7-18H,6,19H2,1-5H3. The molecule has 0 atom stereocenters. The van der Waals surface area contributed by atoms with Gasteiger partial charge in [0, 0.05) is 17.0 Å². The molecule has 4 nitrogen and oxygen atoms in total. The highest BCUT2D eigenvalue weighted by molar-refractivity contribution is 7.98. The highest BCUT2D eigenvalue weighted by Gasteiger charge is 2.18. The zero-order chi connectivity index (χ0) is 23.4. The van der Waals surface area contributed by atoms with Crippen molar-refractivity contribution in [2.24, 2.45) is 0 Å². The molecule has 4 rings (SSSR count). The van der Waals surface area contributed by atoms with Crippen LogP contribution in [0.4, 0.5) is 0 Å². The van der Waals surface area contributed by atoms with Crippen LogP contribution in [-0.4, -0.2) is 21.4 Å². The Morgan fingerprint density at radius 1 is 0.879 bits per heavy atom. The summed E-state index contributed by atoms with van der Waals surface area (Å²) < 4.78 is 7.78. The molecule has 0 bridgehead atoms. The topological polar surface area (TPSA) is 39.9 Å². The van der Waals surface area contributed by atoms with Crippen molar-refractivity contribution in [1.82, 2.24) is 14.8 Å². The van der Waals surface area contributed by atoms with Gasteiger partial charge in [-0.2, -0.15) is 0 Å². The van der Waals surface area contributed by atoms with Gasteiger partial charge in [0.1, 0.15) is 5.75 Å². The fourth-order valence-corrected chi connectivity index (χ4v) is 4.70. The number of hydrogen-bond donors (Lipinski definition) is 0. The summed E-state index contributed by atoms with van der Waals surface area (Å²) in [5.74, 6) is 2.54. The second kappa shape index (κ2) is 9.84. The van der Waals surface area contributed by atoms with Crippen LogP contribution in [0.25, 0.3) is 17.1 Å². The van der Waals surface area contributed by atoms with E-state index < -0.39 is 0 Å². The quantitative estimate of drug-likeness (QED) is 0.274. The van der Waals surface area contributed by atoms with Gasteiger partial charge in [-0.15, -0.1) is 10.2 Å². The minimum absolute atomic E-state index is 0.107. The lowest BCUT2D eigenvalue weighted by Gasteiger charge is -2.19. The van der Waals surface area contributed by atoms with Crippen molar-refractivity contribution in [3.63, 3.8) is 0 Å². The van der Waals surface area contributed by atoms with Gasteiger partial charge in [-0.1, -0.05) is 81.1 Å². The monoisotopic (exact) mass is 457 g/mol. The first-order chi connectivity index (χ1) is 15.9. The van der Waals surface area contributed by atoms with Crippen molar-refractivity contribution < 1.29 is 4.74 Å². The van der Waals surface area contributed by atoms with Gasteiger partial charge >= 0.3 is 0 Å². The Labute approximate surface area is 201 Å². The molecule has 0 N–H and O–H groups in total. The largest absolute Gasteiger partial charge is 0.494 e. The minimum atomic E-state index is 0.107.